The van der Waals surface area contributed by atoms with Crippen LogP contribution in [-0.4, -0.2) is 40.4 Å². The van der Waals surface area contributed by atoms with Crippen LogP contribution >= 0.6 is 23.2 Å². The molecule has 2 aromatic rings. The molecule has 4 atom stereocenters. The Morgan fingerprint density at radius 1 is 1.00 bits per heavy atom. The first-order valence-electron chi connectivity index (χ1n) is 11.6. The highest BCUT2D eigenvalue weighted by Gasteiger charge is 2.61. The molecule has 0 bridgehead atoms. The van der Waals surface area contributed by atoms with Crippen LogP contribution in [0.15, 0.2) is 48.5 Å². The van der Waals surface area contributed by atoms with Crippen LogP contribution in [0.3, 0.4) is 0 Å². The molecular formula is C26H25Cl2F3N2O4. The fourth-order valence-electron chi connectivity index (χ4n) is 5.51. The van der Waals surface area contributed by atoms with Gasteiger partial charge in [-0.05, 0) is 54.2 Å². The lowest BCUT2D eigenvalue weighted by Gasteiger charge is -2.39. The molecule has 1 unspecified atom stereocenters. The summed E-state index contributed by atoms with van der Waals surface area (Å²) in [4.78, 5) is 21.3. The van der Waals surface area contributed by atoms with Crippen molar-refractivity contribution in [2.45, 2.75) is 61.7 Å². The summed E-state index contributed by atoms with van der Waals surface area (Å²) >= 11 is 12.4. The number of nitriles is 1. The Kier molecular flexibility index (Phi) is 9.11. The zero-order chi connectivity index (χ0) is 27.4. The third-order valence-corrected chi connectivity index (χ3v) is 7.51. The average molecular weight is 557 g/mol. The number of nitrogens with one attached hydrogen (secondary N) is 1. The van der Waals surface area contributed by atoms with Crippen LogP contribution in [0.2, 0.25) is 10.0 Å². The second-order valence-electron chi connectivity index (χ2n) is 9.18. The molecule has 2 aliphatic rings. The number of hydrogen-bond donors (Lipinski definition) is 3. The SMILES string of the molecule is N#C[C@@]1(c2ccc(Cl)cc2)C(c2cccc(Cl)c2)[C@H](C(=O)O)N[C@H]1C1CCCCC1.O=C(O)C(F)(F)F. The van der Waals surface area contributed by atoms with Gasteiger partial charge in [0, 0.05) is 22.0 Å². The smallest absolute Gasteiger partial charge is 0.480 e. The number of nitrogens with zero attached hydrogens (tertiary/aromatic N) is 1. The minimum Gasteiger partial charge on any atom is -0.480 e. The summed E-state index contributed by atoms with van der Waals surface area (Å²) in [7, 11) is 0. The third kappa shape index (κ3) is 6.20. The molecule has 0 aromatic heterocycles. The van der Waals surface area contributed by atoms with E-state index in [1.165, 1.54) is 6.42 Å². The second kappa shape index (κ2) is 11.7. The van der Waals surface area contributed by atoms with Gasteiger partial charge >= 0.3 is 18.1 Å². The molecule has 0 radical (unpaired) electrons. The maximum Gasteiger partial charge on any atom is 0.490 e. The fraction of sp³-hybridized carbons (Fsp3) is 0.423. The Bertz CT molecular complexity index is 1160. The number of alkyl halides is 3. The van der Waals surface area contributed by atoms with E-state index in [9.17, 15) is 28.3 Å². The normalized spacial score (nSPS) is 26.0. The second-order valence-corrected chi connectivity index (χ2v) is 10.1. The van der Waals surface area contributed by atoms with Gasteiger partial charge in [-0.25, -0.2) is 4.79 Å². The first-order valence-corrected chi connectivity index (χ1v) is 12.4. The van der Waals surface area contributed by atoms with Crippen molar-refractivity contribution < 1.29 is 33.0 Å². The minimum absolute atomic E-state index is 0.236. The van der Waals surface area contributed by atoms with E-state index in [2.05, 4.69) is 11.4 Å². The Morgan fingerprint density at radius 2 is 1.59 bits per heavy atom. The van der Waals surface area contributed by atoms with Gasteiger partial charge in [-0.3, -0.25) is 10.1 Å². The van der Waals surface area contributed by atoms with Crippen molar-refractivity contribution in [2.24, 2.45) is 5.92 Å². The molecule has 2 aromatic carbocycles. The van der Waals surface area contributed by atoms with E-state index in [4.69, 9.17) is 33.1 Å². The molecule has 1 heterocycles. The molecule has 3 N–H and O–H groups in total. The highest BCUT2D eigenvalue weighted by atomic mass is 35.5. The Morgan fingerprint density at radius 3 is 2.08 bits per heavy atom. The van der Waals surface area contributed by atoms with Crippen LogP contribution in [-0.2, 0) is 15.0 Å². The van der Waals surface area contributed by atoms with Crippen molar-refractivity contribution >= 4 is 35.1 Å². The number of carboxylic acids is 2. The van der Waals surface area contributed by atoms with Crippen LogP contribution in [0.5, 0.6) is 0 Å². The Balaban J connectivity index is 0.000000479. The summed E-state index contributed by atoms with van der Waals surface area (Å²) in [5.41, 5.74) is 0.517. The van der Waals surface area contributed by atoms with E-state index in [1.807, 2.05) is 24.3 Å². The van der Waals surface area contributed by atoms with E-state index in [1.54, 1.807) is 24.3 Å². The summed E-state index contributed by atoms with van der Waals surface area (Å²) in [5.74, 6) is -4.05. The van der Waals surface area contributed by atoms with Gasteiger partial charge in [-0.15, -0.1) is 0 Å². The Labute approximate surface area is 222 Å². The summed E-state index contributed by atoms with van der Waals surface area (Å²) in [6.45, 7) is 0. The topological polar surface area (TPSA) is 110 Å². The highest BCUT2D eigenvalue weighted by Crippen LogP contribution is 2.52. The molecule has 1 aliphatic carbocycles. The number of halogens is 5. The maximum absolute atomic E-state index is 12.4. The average Bonchev–Trinajstić information content (AvgIpc) is 3.21. The summed E-state index contributed by atoms with van der Waals surface area (Å²) < 4.78 is 31.7. The maximum atomic E-state index is 12.4. The molecule has 1 saturated heterocycles. The van der Waals surface area contributed by atoms with Crippen molar-refractivity contribution in [3.8, 4) is 6.07 Å². The first-order chi connectivity index (χ1) is 17.4. The zero-order valence-corrected chi connectivity index (χ0v) is 21.0. The summed E-state index contributed by atoms with van der Waals surface area (Å²) in [6, 6.07) is 16.0. The van der Waals surface area contributed by atoms with Crippen LogP contribution < -0.4 is 5.32 Å². The quantitative estimate of drug-likeness (QED) is 0.415. The lowest BCUT2D eigenvalue weighted by atomic mass is 9.61. The minimum atomic E-state index is -5.08. The number of aliphatic carboxylic acids is 2. The van der Waals surface area contributed by atoms with E-state index < -0.39 is 35.5 Å². The van der Waals surface area contributed by atoms with Crippen molar-refractivity contribution in [3.05, 3.63) is 69.7 Å². The molecule has 37 heavy (non-hydrogen) atoms. The molecule has 198 valence electrons. The van der Waals surface area contributed by atoms with Crippen molar-refractivity contribution in [1.29, 1.82) is 5.26 Å². The van der Waals surface area contributed by atoms with Gasteiger partial charge in [0.05, 0.1) is 6.07 Å². The molecule has 4 rings (SSSR count). The van der Waals surface area contributed by atoms with Crippen LogP contribution in [0.4, 0.5) is 13.2 Å². The molecular weight excluding hydrogens is 532 g/mol. The van der Waals surface area contributed by atoms with E-state index in [0.717, 1.165) is 36.8 Å². The van der Waals surface area contributed by atoms with Gasteiger partial charge in [-0.1, -0.05) is 66.7 Å². The molecule has 0 amide bonds. The standard InChI is InChI=1S/C24H24Cl2N2O2.C2HF3O2/c25-18-11-9-17(10-12-18)24(14-27)20(16-7-4-8-19(26)13-16)21(23(29)30)28-22(24)15-5-2-1-3-6-15;3-2(4,5)1(6)7/h4,7-13,15,20-22,28H,1-3,5-6H2,(H,29,30);(H,6,7)/t20?,21-,22+,24-;/m1./s1. The number of carboxylic acid groups (broad SMARTS) is 2. The third-order valence-electron chi connectivity index (χ3n) is 7.02. The highest BCUT2D eigenvalue weighted by molar-refractivity contribution is 6.30. The van der Waals surface area contributed by atoms with Gasteiger partial charge < -0.3 is 10.2 Å². The van der Waals surface area contributed by atoms with E-state index in [0.29, 0.717) is 10.0 Å². The van der Waals surface area contributed by atoms with E-state index in [-0.39, 0.29) is 12.0 Å². The molecule has 1 aliphatic heterocycles. The zero-order valence-electron chi connectivity index (χ0n) is 19.5. The van der Waals surface area contributed by atoms with Gasteiger partial charge in [0.2, 0.25) is 0 Å². The molecule has 1 saturated carbocycles. The van der Waals surface area contributed by atoms with Gasteiger partial charge in [-0.2, -0.15) is 18.4 Å². The lowest BCUT2D eigenvalue weighted by molar-refractivity contribution is -0.192. The van der Waals surface area contributed by atoms with Crippen molar-refractivity contribution in [3.63, 3.8) is 0 Å². The first kappa shape index (κ1) is 28.8. The summed E-state index contributed by atoms with van der Waals surface area (Å²) in [5, 5.41) is 32.4. The molecule has 6 nitrogen and oxygen atoms in total. The van der Waals surface area contributed by atoms with Crippen LogP contribution in [0.25, 0.3) is 0 Å². The van der Waals surface area contributed by atoms with Crippen molar-refractivity contribution in [2.75, 3.05) is 0 Å². The summed E-state index contributed by atoms with van der Waals surface area (Å²) in [6.07, 6.45) is 0.283. The number of carbonyl (C=O) groups is 2. The number of rotatable bonds is 4. The van der Waals surface area contributed by atoms with Crippen molar-refractivity contribution in [1.82, 2.24) is 5.32 Å². The van der Waals surface area contributed by atoms with E-state index >= 15 is 0 Å². The lowest BCUT2D eigenvalue weighted by Crippen LogP contribution is -2.47. The van der Waals surface area contributed by atoms with Gasteiger partial charge in [0.15, 0.2) is 0 Å². The molecule has 11 heteroatoms. The van der Waals surface area contributed by atoms with Gasteiger partial charge in [0.25, 0.3) is 0 Å². The van der Waals surface area contributed by atoms with Crippen LogP contribution in [0.1, 0.15) is 49.1 Å². The van der Waals surface area contributed by atoms with Crippen LogP contribution in [0, 0.1) is 17.2 Å². The van der Waals surface area contributed by atoms with Gasteiger partial charge in [0.1, 0.15) is 11.5 Å². The molecule has 0 spiro atoms. The predicted octanol–water partition coefficient (Wildman–Crippen LogP) is 6.18. The number of hydrogen-bond acceptors (Lipinski definition) is 4. The predicted molar refractivity (Wildman–Crippen MR) is 132 cm³/mol. The number of benzene rings is 2. The monoisotopic (exact) mass is 556 g/mol. The molecule has 2 fully saturated rings. The Hall–Kier alpha value is -2.80. The fourth-order valence-corrected chi connectivity index (χ4v) is 5.84. The largest absolute Gasteiger partial charge is 0.490 e.